The van der Waals surface area contributed by atoms with Crippen LogP contribution in [-0.4, -0.2) is 26.2 Å². The number of aryl methyl sites for hydroxylation is 1. The average Bonchev–Trinajstić information content (AvgIpc) is 2.72. The minimum atomic E-state index is -4.94. The molecule has 0 atom stereocenters. The molecule has 12 heteroatoms. The number of nitrogens with two attached hydrogens (primary N) is 1. The summed E-state index contributed by atoms with van der Waals surface area (Å²) in [5.41, 5.74) is 3.28. The van der Waals surface area contributed by atoms with Crippen LogP contribution in [0.2, 0.25) is 0 Å². The van der Waals surface area contributed by atoms with E-state index in [9.17, 15) is 32.3 Å². The van der Waals surface area contributed by atoms with Crippen LogP contribution in [0.1, 0.15) is 16.1 Å². The van der Waals surface area contributed by atoms with Gasteiger partial charge in [0.05, 0.1) is 10.9 Å². The molecule has 0 bridgehead atoms. The largest absolute Gasteiger partial charge is 0.417 e. The Labute approximate surface area is 132 Å². The van der Waals surface area contributed by atoms with Gasteiger partial charge in [-0.1, -0.05) is 0 Å². The SMILES string of the molecule is Cn1c(C(=O)NC(=N)N)cc2c(C(F)(F)F)cc(P(=O)(O)O)cc21. The van der Waals surface area contributed by atoms with E-state index in [4.69, 9.17) is 11.1 Å². The maximum Gasteiger partial charge on any atom is 0.417 e. The second-order valence-electron chi connectivity index (χ2n) is 4.92. The lowest BCUT2D eigenvalue weighted by molar-refractivity contribution is -0.136. The number of nitrogens with one attached hydrogen (secondary N) is 2. The van der Waals surface area contributed by atoms with Crippen molar-refractivity contribution in [3.63, 3.8) is 0 Å². The van der Waals surface area contributed by atoms with E-state index in [0.717, 1.165) is 16.7 Å². The molecule has 6 N–H and O–H groups in total. The number of carbonyl (C=O) groups is 1. The van der Waals surface area contributed by atoms with Crippen LogP contribution in [0, 0.1) is 5.41 Å². The van der Waals surface area contributed by atoms with Crippen LogP contribution in [0.4, 0.5) is 13.2 Å². The third kappa shape index (κ3) is 3.28. The molecule has 0 fully saturated rings. The number of amides is 1. The molecule has 0 saturated heterocycles. The van der Waals surface area contributed by atoms with Gasteiger partial charge in [-0.25, -0.2) is 0 Å². The van der Waals surface area contributed by atoms with Gasteiger partial charge in [0, 0.05) is 18.0 Å². The molecule has 0 aliphatic heterocycles. The number of guanidine groups is 1. The van der Waals surface area contributed by atoms with Crippen molar-refractivity contribution in [1.29, 1.82) is 5.41 Å². The fourth-order valence-corrected chi connectivity index (χ4v) is 2.81. The Bertz CT molecular complexity index is 900. The summed E-state index contributed by atoms with van der Waals surface area (Å²) in [5.74, 6) is -1.62. The Morgan fingerprint density at radius 2 is 1.92 bits per heavy atom. The molecule has 0 spiro atoms. The standard InChI is InChI=1S/C12H12F3N4O4P/c1-19-8-3-5(24(21,22)23)2-7(12(13,14)15)6(8)4-9(19)10(20)18-11(16)17/h2-4H,1H3,(H2,21,22,23)(H4,16,17,18,20). The molecule has 8 nitrogen and oxygen atoms in total. The van der Waals surface area contributed by atoms with Crippen molar-refractivity contribution >= 4 is 35.7 Å². The molecule has 0 radical (unpaired) electrons. The van der Waals surface area contributed by atoms with Crippen molar-refractivity contribution in [1.82, 2.24) is 9.88 Å². The van der Waals surface area contributed by atoms with Gasteiger partial charge >= 0.3 is 13.8 Å². The summed E-state index contributed by atoms with van der Waals surface area (Å²) < 4.78 is 52.0. The minimum absolute atomic E-state index is 0.197. The predicted molar refractivity (Wildman–Crippen MR) is 79.0 cm³/mol. The first-order valence-electron chi connectivity index (χ1n) is 6.24. The summed E-state index contributed by atoms with van der Waals surface area (Å²) in [5, 5.41) is 7.70. The van der Waals surface area contributed by atoms with Crippen molar-refractivity contribution in [3.05, 3.63) is 29.5 Å². The number of carbonyl (C=O) groups excluding carboxylic acids is 1. The van der Waals surface area contributed by atoms with Crippen molar-refractivity contribution in [2.45, 2.75) is 6.18 Å². The fourth-order valence-electron chi connectivity index (χ4n) is 2.22. The number of aromatic nitrogens is 1. The quantitative estimate of drug-likeness (QED) is 0.302. The van der Waals surface area contributed by atoms with Gasteiger partial charge in [-0.3, -0.25) is 20.1 Å². The van der Waals surface area contributed by atoms with E-state index in [-0.39, 0.29) is 11.2 Å². The van der Waals surface area contributed by atoms with Gasteiger partial charge in [-0.05, 0) is 18.2 Å². The van der Waals surface area contributed by atoms with E-state index in [1.807, 2.05) is 5.32 Å². The maximum atomic E-state index is 13.2. The van der Waals surface area contributed by atoms with Crippen LogP contribution >= 0.6 is 7.60 Å². The molecule has 1 amide bonds. The smallest absolute Gasteiger partial charge is 0.370 e. The third-order valence-corrected chi connectivity index (χ3v) is 4.20. The first-order valence-corrected chi connectivity index (χ1v) is 7.85. The van der Waals surface area contributed by atoms with Crippen molar-refractivity contribution < 1.29 is 32.3 Å². The number of halogens is 3. The number of hydrogen-bond acceptors (Lipinski definition) is 3. The second-order valence-corrected chi connectivity index (χ2v) is 6.53. The molecule has 2 aromatic rings. The first kappa shape index (κ1) is 18.0. The van der Waals surface area contributed by atoms with Crippen molar-refractivity contribution in [2.75, 3.05) is 0 Å². The van der Waals surface area contributed by atoms with Crippen molar-refractivity contribution in [3.8, 4) is 0 Å². The molecule has 0 saturated carbocycles. The molecule has 0 aliphatic rings. The van der Waals surface area contributed by atoms with E-state index in [1.54, 1.807) is 0 Å². The lowest BCUT2D eigenvalue weighted by Gasteiger charge is -2.12. The zero-order valence-corrected chi connectivity index (χ0v) is 12.9. The fraction of sp³-hybridized carbons (Fsp3) is 0.167. The minimum Gasteiger partial charge on any atom is -0.370 e. The molecular weight excluding hydrogens is 352 g/mol. The molecule has 1 heterocycles. The molecule has 0 unspecified atom stereocenters. The van der Waals surface area contributed by atoms with Gasteiger partial charge in [0.15, 0.2) is 5.96 Å². The maximum absolute atomic E-state index is 13.2. The van der Waals surface area contributed by atoms with E-state index in [2.05, 4.69) is 0 Å². The Hall–Kier alpha value is -2.36. The molecule has 1 aromatic heterocycles. The van der Waals surface area contributed by atoms with E-state index in [0.29, 0.717) is 6.07 Å². The molecule has 1 aromatic carbocycles. The van der Waals surface area contributed by atoms with Crippen LogP contribution in [0.25, 0.3) is 10.9 Å². The van der Waals surface area contributed by atoms with E-state index in [1.165, 1.54) is 7.05 Å². The first-order chi connectivity index (χ1) is 10.8. The normalized spacial score (nSPS) is 12.4. The van der Waals surface area contributed by atoms with Crippen LogP contribution in [-0.2, 0) is 17.8 Å². The third-order valence-electron chi connectivity index (χ3n) is 3.27. The molecule has 2 rings (SSSR count). The van der Waals surface area contributed by atoms with Gasteiger partial charge in [-0.15, -0.1) is 0 Å². The lowest BCUT2D eigenvalue weighted by atomic mass is 10.1. The summed E-state index contributed by atoms with van der Waals surface area (Å²) >= 11 is 0. The van der Waals surface area contributed by atoms with Crippen LogP contribution in [0.3, 0.4) is 0 Å². The summed E-state index contributed by atoms with van der Waals surface area (Å²) in [4.78, 5) is 30.3. The average molecular weight is 364 g/mol. The summed E-state index contributed by atoms with van der Waals surface area (Å²) in [7, 11) is -3.69. The highest BCUT2D eigenvalue weighted by Crippen LogP contribution is 2.40. The summed E-state index contributed by atoms with van der Waals surface area (Å²) in [6, 6.07) is 2.16. The van der Waals surface area contributed by atoms with Gasteiger partial charge in [0.1, 0.15) is 5.69 Å². The topological polar surface area (TPSA) is 141 Å². The highest BCUT2D eigenvalue weighted by atomic mass is 31.2. The zero-order chi connectivity index (χ0) is 18.4. The molecular formula is C12H12F3N4O4P. The monoisotopic (exact) mass is 364 g/mol. The summed E-state index contributed by atoms with van der Waals surface area (Å²) in [6.45, 7) is 0. The number of fused-ring (bicyclic) bond motifs is 1. The van der Waals surface area contributed by atoms with Crippen LogP contribution in [0.15, 0.2) is 18.2 Å². The number of nitrogens with zero attached hydrogens (tertiary/aromatic N) is 1. The van der Waals surface area contributed by atoms with Gasteiger partial charge < -0.3 is 20.1 Å². The molecule has 0 aliphatic carbocycles. The second kappa shape index (κ2) is 5.62. The summed E-state index contributed by atoms with van der Waals surface area (Å²) in [6.07, 6.45) is -4.89. The van der Waals surface area contributed by atoms with E-state index < -0.39 is 41.9 Å². The van der Waals surface area contributed by atoms with Gasteiger partial charge in [0.2, 0.25) is 0 Å². The Kier molecular flexibility index (Phi) is 4.21. The number of hydrogen-bond donors (Lipinski definition) is 5. The number of rotatable bonds is 2. The Balaban J connectivity index is 2.82. The zero-order valence-electron chi connectivity index (χ0n) is 12.0. The van der Waals surface area contributed by atoms with E-state index >= 15 is 0 Å². The number of benzene rings is 1. The van der Waals surface area contributed by atoms with Crippen LogP contribution in [0.5, 0.6) is 0 Å². The van der Waals surface area contributed by atoms with Crippen molar-refractivity contribution in [2.24, 2.45) is 12.8 Å². The number of alkyl halides is 3. The Morgan fingerprint density at radius 3 is 2.38 bits per heavy atom. The Morgan fingerprint density at radius 1 is 1.33 bits per heavy atom. The predicted octanol–water partition coefficient (Wildman–Crippen LogP) is 0.623. The van der Waals surface area contributed by atoms with Gasteiger partial charge in [0.25, 0.3) is 5.91 Å². The highest BCUT2D eigenvalue weighted by Gasteiger charge is 2.36. The van der Waals surface area contributed by atoms with Gasteiger partial charge in [-0.2, -0.15) is 13.2 Å². The molecule has 130 valence electrons. The highest BCUT2D eigenvalue weighted by molar-refractivity contribution is 7.60. The molecule has 24 heavy (non-hydrogen) atoms. The lowest BCUT2D eigenvalue weighted by Crippen LogP contribution is -2.36. The van der Waals surface area contributed by atoms with Crippen LogP contribution < -0.4 is 16.4 Å².